The number of hydrogen-bond donors (Lipinski definition) is 1. The zero-order valence-electron chi connectivity index (χ0n) is 11.3. The topological polar surface area (TPSA) is 15.3 Å². The third-order valence-corrected chi connectivity index (χ3v) is 3.05. The lowest BCUT2D eigenvalue weighted by atomic mass is 9.96. The summed E-state index contributed by atoms with van der Waals surface area (Å²) in [7, 11) is 6.21. The van der Waals surface area contributed by atoms with Crippen LogP contribution < -0.4 is 5.32 Å². The van der Waals surface area contributed by atoms with Crippen molar-refractivity contribution in [1.82, 2.24) is 10.2 Å². The molecule has 1 rings (SSSR count). The van der Waals surface area contributed by atoms with Crippen LogP contribution >= 0.6 is 0 Å². The van der Waals surface area contributed by atoms with Gasteiger partial charge in [0.25, 0.3) is 0 Å². The normalized spacial score (nSPS) is 13.5. The number of nitrogens with zero attached hydrogens (tertiary/aromatic N) is 1. The Kier molecular flexibility index (Phi) is 4.51. The van der Waals surface area contributed by atoms with Gasteiger partial charge in [-0.3, -0.25) is 4.90 Å². The van der Waals surface area contributed by atoms with Crippen molar-refractivity contribution < 1.29 is 0 Å². The molecule has 0 bridgehead atoms. The van der Waals surface area contributed by atoms with Crippen molar-refractivity contribution in [3.05, 3.63) is 34.9 Å². The average Bonchev–Trinajstić information content (AvgIpc) is 2.20. The predicted octanol–water partition coefficient (Wildman–Crippen LogP) is 2.90. The maximum absolute atomic E-state index is 3.35. The van der Waals surface area contributed by atoms with Gasteiger partial charge in [-0.25, -0.2) is 0 Å². The Morgan fingerprint density at radius 3 is 2.25 bits per heavy atom. The first kappa shape index (κ1) is 13.2. The minimum atomic E-state index is 0.290. The lowest BCUT2D eigenvalue weighted by Crippen LogP contribution is -2.31. The third kappa shape index (κ3) is 2.83. The number of aryl methyl sites for hydroxylation is 1. The summed E-state index contributed by atoms with van der Waals surface area (Å²) in [5.74, 6) is 0.582. The van der Waals surface area contributed by atoms with Crippen LogP contribution in [0.3, 0.4) is 0 Å². The molecule has 0 amide bonds. The van der Waals surface area contributed by atoms with Gasteiger partial charge in [0, 0.05) is 0 Å². The molecule has 1 aromatic carbocycles. The summed E-state index contributed by atoms with van der Waals surface area (Å²) in [4.78, 5) is 2.20. The van der Waals surface area contributed by atoms with Crippen LogP contribution in [0.5, 0.6) is 0 Å². The highest BCUT2D eigenvalue weighted by molar-refractivity contribution is 5.34. The van der Waals surface area contributed by atoms with Crippen molar-refractivity contribution in [2.45, 2.75) is 32.9 Å². The molecule has 0 radical (unpaired) electrons. The Morgan fingerprint density at radius 2 is 1.81 bits per heavy atom. The van der Waals surface area contributed by atoms with Crippen molar-refractivity contribution in [2.75, 3.05) is 21.1 Å². The van der Waals surface area contributed by atoms with Crippen molar-refractivity contribution in [2.24, 2.45) is 0 Å². The highest BCUT2D eigenvalue weighted by atomic mass is 15.2. The fourth-order valence-electron chi connectivity index (χ4n) is 2.00. The Morgan fingerprint density at radius 1 is 1.19 bits per heavy atom. The second-order valence-electron chi connectivity index (χ2n) is 4.93. The van der Waals surface area contributed by atoms with Gasteiger partial charge in [-0.15, -0.1) is 0 Å². The predicted molar refractivity (Wildman–Crippen MR) is 70.8 cm³/mol. The van der Waals surface area contributed by atoms with Crippen molar-refractivity contribution in [3.63, 3.8) is 0 Å². The minimum absolute atomic E-state index is 0.290. The summed E-state index contributed by atoms with van der Waals surface area (Å²) < 4.78 is 0. The summed E-state index contributed by atoms with van der Waals surface area (Å²) in [6.07, 6.45) is 0.290. The summed E-state index contributed by atoms with van der Waals surface area (Å²) in [6, 6.07) is 6.77. The van der Waals surface area contributed by atoms with Gasteiger partial charge < -0.3 is 5.32 Å². The molecule has 1 unspecified atom stereocenters. The first-order chi connectivity index (χ1) is 7.47. The molecule has 0 aromatic heterocycles. The molecule has 0 heterocycles. The molecule has 0 aliphatic rings. The molecule has 2 heteroatoms. The smallest absolute Gasteiger partial charge is 0.0856 e. The largest absolute Gasteiger partial charge is 0.301 e. The lowest BCUT2D eigenvalue weighted by molar-refractivity contribution is 0.263. The van der Waals surface area contributed by atoms with Gasteiger partial charge in [0.15, 0.2) is 0 Å². The average molecular weight is 220 g/mol. The Labute approximate surface area is 99.7 Å². The zero-order chi connectivity index (χ0) is 12.3. The van der Waals surface area contributed by atoms with Gasteiger partial charge in [-0.1, -0.05) is 32.0 Å². The van der Waals surface area contributed by atoms with E-state index in [0.29, 0.717) is 12.1 Å². The molecule has 0 spiro atoms. The van der Waals surface area contributed by atoms with Gasteiger partial charge >= 0.3 is 0 Å². The van der Waals surface area contributed by atoms with E-state index in [2.05, 4.69) is 63.3 Å². The minimum Gasteiger partial charge on any atom is -0.301 e. The molecule has 0 saturated carbocycles. The van der Waals surface area contributed by atoms with Crippen LogP contribution in [0.2, 0.25) is 0 Å². The highest BCUT2D eigenvalue weighted by Gasteiger charge is 2.14. The van der Waals surface area contributed by atoms with E-state index in [9.17, 15) is 0 Å². The van der Waals surface area contributed by atoms with Gasteiger partial charge in [0.05, 0.1) is 6.17 Å². The molecule has 1 N–H and O–H groups in total. The molecular weight excluding hydrogens is 196 g/mol. The molecule has 0 aliphatic heterocycles. The first-order valence-corrected chi connectivity index (χ1v) is 5.91. The van der Waals surface area contributed by atoms with Gasteiger partial charge in [0.1, 0.15) is 0 Å². The van der Waals surface area contributed by atoms with Gasteiger partial charge in [-0.05, 0) is 50.7 Å². The van der Waals surface area contributed by atoms with Crippen LogP contribution in [0.15, 0.2) is 18.2 Å². The fraction of sp³-hybridized carbons (Fsp3) is 0.571. The number of nitrogens with one attached hydrogen (secondary N) is 1. The second kappa shape index (κ2) is 5.46. The Balaban J connectivity index is 3.14. The van der Waals surface area contributed by atoms with Gasteiger partial charge in [0.2, 0.25) is 0 Å². The van der Waals surface area contributed by atoms with E-state index in [1.807, 2.05) is 7.05 Å². The lowest BCUT2D eigenvalue weighted by Gasteiger charge is -2.26. The molecular formula is C14H24N2. The van der Waals surface area contributed by atoms with Crippen molar-refractivity contribution in [1.29, 1.82) is 0 Å². The van der Waals surface area contributed by atoms with E-state index < -0.39 is 0 Å². The quantitative estimate of drug-likeness (QED) is 0.785. The highest BCUT2D eigenvalue weighted by Crippen LogP contribution is 2.24. The van der Waals surface area contributed by atoms with E-state index in [0.717, 1.165) is 0 Å². The number of rotatable bonds is 4. The van der Waals surface area contributed by atoms with Gasteiger partial charge in [-0.2, -0.15) is 0 Å². The summed E-state index contributed by atoms with van der Waals surface area (Å²) in [5.41, 5.74) is 4.12. The van der Waals surface area contributed by atoms with Crippen molar-refractivity contribution >= 4 is 0 Å². The molecule has 90 valence electrons. The number of benzene rings is 1. The van der Waals surface area contributed by atoms with Crippen LogP contribution in [0, 0.1) is 6.92 Å². The molecule has 0 saturated heterocycles. The maximum Gasteiger partial charge on any atom is 0.0856 e. The standard InChI is InChI=1S/C14H24N2/c1-10(2)12-8-7-11(3)13(9-12)14(15-4)16(5)6/h7-10,14-15H,1-6H3. The van der Waals surface area contributed by atoms with E-state index in [-0.39, 0.29) is 0 Å². The molecule has 2 nitrogen and oxygen atoms in total. The summed E-state index contributed by atoms with van der Waals surface area (Å²) in [5, 5.41) is 3.35. The van der Waals surface area contributed by atoms with Crippen LogP contribution in [0.4, 0.5) is 0 Å². The molecule has 0 fully saturated rings. The SMILES string of the molecule is CNC(c1cc(C(C)C)ccc1C)N(C)C. The molecule has 0 aliphatic carbocycles. The van der Waals surface area contributed by atoms with E-state index >= 15 is 0 Å². The Hall–Kier alpha value is -0.860. The second-order valence-corrected chi connectivity index (χ2v) is 4.93. The first-order valence-electron chi connectivity index (χ1n) is 5.91. The summed E-state index contributed by atoms with van der Waals surface area (Å²) >= 11 is 0. The van der Waals surface area contributed by atoms with E-state index in [4.69, 9.17) is 0 Å². The van der Waals surface area contributed by atoms with Crippen LogP contribution in [-0.4, -0.2) is 26.0 Å². The number of hydrogen-bond acceptors (Lipinski definition) is 2. The van der Waals surface area contributed by atoms with E-state index in [1.54, 1.807) is 0 Å². The Bertz CT molecular complexity index is 343. The van der Waals surface area contributed by atoms with Crippen LogP contribution in [0.1, 0.15) is 42.6 Å². The zero-order valence-corrected chi connectivity index (χ0v) is 11.3. The maximum atomic E-state index is 3.35. The molecule has 1 atom stereocenters. The molecule has 16 heavy (non-hydrogen) atoms. The van der Waals surface area contributed by atoms with E-state index in [1.165, 1.54) is 16.7 Å². The summed E-state index contributed by atoms with van der Waals surface area (Å²) in [6.45, 7) is 6.64. The molecule has 1 aromatic rings. The van der Waals surface area contributed by atoms with Crippen LogP contribution in [-0.2, 0) is 0 Å². The monoisotopic (exact) mass is 220 g/mol. The van der Waals surface area contributed by atoms with Crippen LogP contribution in [0.25, 0.3) is 0 Å². The third-order valence-electron chi connectivity index (χ3n) is 3.05. The van der Waals surface area contributed by atoms with Crippen molar-refractivity contribution in [3.8, 4) is 0 Å². The fourth-order valence-corrected chi connectivity index (χ4v) is 2.00.